The van der Waals surface area contributed by atoms with Crippen molar-refractivity contribution in [2.45, 2.75) is 0 Å². The predicted molar refractivity (Wildman–Crippen MR) is 90.7 cm³/mol. The molecule has 2 aromatic carbocycles. The standard InChI is InChI=1S/C17H13BrN2O3/c1-22-14-4-2-3-10-9-13(16(19)23-15(10)14)17(21)20-12-7-5-11(18)6-8-12/h2-9,19H,1H3,(H,20,21). The minimum Gasteiger partial charge on any atom is -0.493 e. The number of para-hydroxylation sites is 1. The van der Waals surface area contributed by atoms with E-state index in [1.54, 1.807) is 36.4 Å². The molecule has 0 aliphatic carbocycles. The second-order valence-electron chi connectivity index (χ2n) is 4.83. The molecule has 1 aromatic heterocycles. The molecule has 23 heavy (non-hydrogen) atoms. The monoisotopic (exact) mass is 372 g/mol. The van der Waals surface area contributed by atoms with Crippen LogP contribution < -0.4 is 15.6 Å². The summed E-state index contributed by atoms with van der Waals surface area (Å²) in [6.07, 6.45) is 0. The smallest absolute Gasteiger partial charge is 0.261 e. The maximum Gasteiger partial charge on any atom is 0.261 e. The molecule has 1 heterocycles. The third-order valence-corrected chi connectivity index (χ3v) is 3.85. The fourth-order valence-corrected chi connectivity index (χ4v) is 2.46. The lowest BCUT2D eigenvalue weighted by Gasteiger charge is -2.08. The first-order valence-corrected chi connectivity index (χ1v) is 7.60. The van der Waals surface area contributed by atoms with Gasteiger partial charge in [0.1, 0.15) is 5.56 Å². The van der Waals surface area contributed by atoms with Crippen molar-refractivity contribution in [3.8, 4) is 5.75 Å². The molecule has 0 aliphatic rings. The van der Waals surface area contributed by atoms with Crippen molar-refractivity contribution >= 4 is 38.5 Å². The molecule has 2 N–H and O–H groups in total. The zero-order valence-corrected chi connectivity index (χ0v) is 13.8. The highest BCUT2D eigenvalue weighted by molar-refractivity contribution is 9.10. The van der Waals surface area contributed by atoms with E-state index in [0.717, 1.165) is 4.47 Å². The minimum absolute atomic E-state index is 0.161. The Hall–Kier alpha value is -2.60. The van der Waals surface area contributed by atoms with Gasteiger partial charge in [-0.1, -0.05) is 28.1 Å². The van der Waals surface area contributed by atoms with Gasteiger partial charge in [-0.25, -0.2) is 0 Å². The van der Waals surface area contributed by atoms with Gasteiger partial charge in [0.15, 0.2) is 11.3 Å². The average molecular weight is 373 g/mol. The number of carbonyl (C=O) groups is 1. The number of ether oxygens (including phenoxy) is 1. The van der Waals surface area contributed by atoms with Gasteiger partial charge in [0.25, 0.3) is 5.91 Å². The lowest BCUT2D eigenvalue weighted by molar-refractivity contribution is 0.102. The topological polar surface area (TPSA) is 75.3 Å². The molecule has 6 heteroatoms. The van der Waals surface area contributed by atoms with Crippen molar-refractivity contribution in [1.82, 2.24) is 0 Å². The first-order chi connectivity index (χ1) is 11.1. The summed E-state index contributed by atoms with van der Waals surface area (Å²) >= 11 is 3.34. The van der Waals surface area contributed by atoms with Gasteiger partial charge in [-0.05, 0) is 36.4 Å². The molecule has 0 fully saturated rings. The molecule has 5 nitrogen and oxygen atoms in total. The predicted octanol–water partition coefficient (Wildman–Crippen LogP) is 3.94. The summed E-state index contributed by atoms with van der Waals surface area (Å²) in [5.41, 5.74) is 1.04. The van der Waals surface area contributed by atoms with Crippen LogP contribution in [-0.4, -0.2) is 13.0 Å². The zero-order chi connectivity index (χ0) is 16.4. The molecular weight excluding hydrogens is 360 g/mol. The first-order valence-electron chi connectivity index (χ1n) is 6.81. The van der Waals surface area contributed by atoms with Gasteiger partial charge in [-0.3, -0.25) is 10.2 Å². The maximum absolute atomic E-state index is 12.4. The van der Waals surface area contributed by atoms with E-state index < -0.39 is 5.91 Å². The third kappa shape index (κ3) is 3.12. The number of hydrogen-bond acceptors (Lipinski definition) is 4. The Morgan fingerprint density at radius 2 is 1.96 bits per heavy atom. The number of benzene rings is 2. The maximum atomic E-state index is 12.4. The summed E-state index contributed by atoms with van der Waals surface area (Å²) in [5.74, 6) is 0.127. The highest BCUT2D eigenvalue weighted by Gasteiger charge is 2.13. The summed E-state index contributed by atoms with van der Waals surface area (Å²) in [4.78, 5) is 12.4. The first kappa shape index (κ1) is 15.3. The van der Waals surface area contributed by atoms with Crippen LogP contribution in [0.15, 0.2) is 57.4 Å². The van der Waals surface area contributed by atoms with Crippen LogP contribution in [0.1, 0.15) is 10.4 Å². The Morgan fingerprint density at radius 1 is 1.22 bits per heavy atom. The van der Waals surface area contributed by atoms with E-state index in [1.807, 2.05) is 12.1 Å². The summed E-state index contributed by atoms with van der Waals surface area (Å²) < 4.78 is 11.6. The Labute approximate surface area is 140 Å². The Kier molecular flexibility index (Phi) is 4.16. The van der Waals surface area contributed by atoms with Gasteiger partial charge in [0.05, 0.1) is 7.11 Å². The third-order valence-electron chi connectivity index (χ3n) is 3.32. The SMILES string of the molecule is COc1cccc2cc(C(=O)Nc3ccc(Br)cc3)c(=N)oc12. The summed E-state index contributed by atoms with van der Waals surface area (Å²) in [7, 11) is 1.53. The quantitative estimate of drug-likeness (QED) is 0.730. The second kappa shape index (κ2) is 6.26. The number of carbonyl (C=O) groups excluding carboxylic acids is 1. The van der Waals surface area contributed by atoms with Gasteiger partial charge in [-0.2, -0.15) is 0 Å². The molecule has 116 valence electrons. The molecule has 0 aliphatic heterocycles. The second-order valence-corrected chi connectivity index (χ2v) is 5.74. The minimum atomic E-state index is -0.397. The summed E-state index contributed by atoms with van der Waals surface area (Å²) in [6, 6.07) is 14.2. The fraction of sp³-hybridized carbons (Fsp3) is 0.0588. The molecule has 0 unspecified atom stereocenters. The van der Waals surface area contributed by atoms with Crippen LogP contribution in [0.25, 0.3) is 11.0 Å². The van der Waals surface area contributed by atoms with Crippen LogP contribution in [0.4, 0.5) is 5.69 Å². The van der Waals surface area contributed by atoms with Gasteiger partial charge in [-0.15, -0.1) is 0 Å². The van der Waals surface area contributed by atoms with Gasteiger partial charge in [0, 0.05) is 15.5 Å². The van der Waals surface area contributed by atoms with Crippen molar-refractivity contribution < 1.29 is 13.9 Å². The van der Waals surface area contributed by atoms with Crippen molar-refractivity contribution in [2.75, 3.05) is 12.4 Å². The van der Waals surface area contributed by atoms with E-state index in [2.05, 4.69) is 21.2 Å². The molecule has 3 aromatic rings. The fourth-order valence-electron chi connectivity index (χ4n) is 2.19. The molecular formula is C17H13BrN2O3. The highest BCUT2D eigenvalue weighted by Crippen LogP contribution is 2.24. The molecule has 0 bridgehead atoms. The highest BCUT2D eigenvalue weighted by atomic mass is 79.9. The number of methoxy groups -OCH3 is 1. The van der Waals surface area contributed by atoms with Crippen LogP contribution in [0.2, 0.25) is 0 Å². The van der Waals surface area contributed by atoms with E-state index in [1.165, 1.54) is 7.11 Å². The van der Waals surface area contributed by atoms with Crippen LogP contribution in [0, 0.1) is 5.41 Å². The van der Waals surface area contributed by atoms with E-state index in [-0.39, 0.29) is 11.1 Å². The van der Waals surface area contributed by atoms with E-state index in [4.69, 9.17) is 14.6 Å². The van der Waals surface area contributed by atoms with E-state index in [0.29, 0.717) is 22.4 Å². The van der Waals surface area contributed by atoms with Crippen LogP contribution in [0.5, 0.6) is 5.75 Å². The van der Waals surface area contributed by atoms with Crippen LogP contribution in [0.3, 0.4) is 0 Å². The van der Waals surface area contributed by atoms with Crippen molar-refractivity contribution in [3.63, 3.8) is 0 Å². The Balaban J connectivity index is 1.99. The number of hydrogen-bond donors (Lipinski definition) is 2. The van der Waals surface area contributed by atoms with Crippen LogP contribution in [-0.2, 0) is 0 Å². The Bertz CT molecular complexity index is 933. The summed E-state index contributed by atoms with van der Waals surface area (Å²) in [5, 5.41) is 11.4. The van der Waals surface area contributed by atoms with Crippen molar-refractivity contribution in [3.05, 3.63) is 64.1 Å². The van der Waals surface area contributed by atoms with Crippen molar-refractivity contribution in [2.24, 2.45) is 0 Å². The van der Waals surface area contributed by atoms with Gasteiger partial charge >= 0.3 is 0 Å². The van der Waals surface area contributed by atoms with Crippen molar-refractivity contribution in [1.29, 1.82) is 5.41 Å². The largest absolute Gasteiger partial charge is 0.493 e. The normalized spacial score (nSPS) is 10.5. The van der Waals surface area contributed by atoms with E-state index >= 15 is 0 Å². The van der Waals surface area contributed by atoms with Gasteiger partial charge < -0.3 is 14.5 Å². The number of halogens is 1. The zero-order valence-electron chi connectivity index (χ0n) is 12.2. The van der Waals surface area contributed by atoms with Gasteiger partial charge in [0.2, 0.25) is 5.55 Å². The number of nitrogens with one attached hydrogen (secondary N) is 2. The number of fused-ring (bicyclic) bond motifs is 1. The number of rotatable bonds is 3. The molecule has 3 rings (SSSR count). The lowest BCUT2D eigenvalue weighted by atomic mass is 10.1. The molecule has 0 radical (unpaired) electrons. The summed E-state index contributed by atoms with van der Waals surface area (Å²) in [6.45, 7) is 0. The molecule has 0 saturated carbocycles. The molecule has 0 atom stereocenters. The van der Waals surface area contributed by atoms with Crippen LogP contribution >= 0.6 is 15.9 Å². The number of anilines is 1. The average Bonchev–Trinajstić information content (AvgIpc) is 2.55. The lowest BCUT2D eigenvalue weighted by Crippen LogP contribution is -2.20. The molecule has 0 saturated heterocycles. The Morgan fingerprint density at radius 3 is 2.65 bits per heavy atom. The molecule has 1 amide bonds. The number of amides is 1. The van der Waals surface area contributed by atoms with E-state index in [9.17, 15) is 4.79 Å². The molecule has 0 spiro atoms.